The molecule has 0 radical (unpaired) electrons. The van der Waals surface area contributed by atoms with Gasteiger partial charge < -0.3 is 25.0 Å². The molecule has 0 aliphatic carbocycles. The van der Waals surface area contributed by atoms with Crippen LogP contribution in [0, 0.1) is 11.6 Å². The molecule has 3 aliphatic heterocycles. The van der Waals surface area contributed by atoms with Gasteiger partial charge >= 0.3 is 6.01 Å². The SMILES string of the molecule is CN(C)CC1CN(c2nc(OCC34CCCN3CCC4)nc3c(F)c(-c4ccc(F)c5sc(N)nc45)c(Cl)cc23)CCCO1. The molecule has 0 saturated carbocycles. The number of ether oxygens (including phenoxy) is 2. The number of hydrogen-bond donors (Lipinski definition) is 1. The summed E-state index contributed by atoms with van der Waals surface area (Å²) in [5.41, 5.74) is 6.69. The average Bonchev–Trinajstić information content (AvgIpc) is 3.63. The third-order valence-corrected chi connectivity index (χ3v) is 10.3. The van der Waals surface area contributed by atoms with Crippen LogP contribution in [0.3, 0.4) is 0 Å². The third kappa shape index (κ3) is 5.34. The minimum Gasteiger partial charge on any atom is -0.461 e. The number of halogens is 3. The average molecular weight is 644 g/mol. The standard InChI is InChI=1S/C31H36ClF2N7O2S/c1-39(2)15-18-16-40(10-5-13-42-18)28-20-14-21(32)23(19-6-7-22(33)27-26(19)36-29(35)44-27)24(34)25(20)37-30(38-28)43-17-31-8-3-11-41(31)12-4-9-31/h6-7,14,18H,3-5,8-13,15-17H2,1-2H3,(H2,35,36). The Morgan fingerprint density at radius 2 is 1.91 bits per heavy atom. The number of nitrogens with two attached hydrogens (primary N) is 1. The van der Waals surface area contributed by atoms with Crippen LogP contribution in [0.25, 0.3) is 32.2 Å². The van der Waals surface area contributed by atoms with Gasteiger partial charge in [0.15, 0.2) is 10.9 Å². The number of fused-ring (bicyclic) bond motifs is 3. The number of benzene rings is 2. The van der Waals surface area contributed by atoms with Crippen LogP contribution in [0.5, 0.6) is 6.01 Å². The molecule has 3 saturated heterocycles. The molecule has 3 aliphatic rings. The number of anilines is 2. The first-order valence-electron chi connectivity index (χ1n) is 15.2. The Labute approximate surface area is 263 Å². The zero-order chi connectivity index (χ0) is 30.6. The van der Waals surface area contributed by atoms with Crippen LogP contribution in [0.2, 0.25) is 5.02 Å². The Balaban J connectivity index is 1.36. The monoisotopic (exact) mass is 643 g/mol. The maximum Gasteiger partial charge on any atom is 0.319 e. The van der Waals surface area contributed by atoms with Crippen molar-refractivity contribution >= 4 is 55.0 Å². The lowest BCUT2D eigenvalue weighted by Gasteiger charge is -2.31. The molecule has 13 heteroatoms. The predicted molar refractivity (Wildman–Crippen MR) is 171 cm³/mol. The van der Waals surface area contributed by atoms with Crippen molar-refractivity contribution in [1.82, 2.24) is 24.8 Å². The molecule has 1 unspecified atom stereocenters. The second kappa shape index (κ2) is 11.8. The van der Waals surface area contributed by atoms with E-state index in [1.54, 1.807) is 6.07 Å². The Bertz CT molecular complexity index is 1710. The van der Waals surface area contributed by atoms with E-state index in [9.17, 15) is 4.39 Å². The fraction of sp³-hybridized carbons (Fsp3) is 0.516. The van der Waals surface area contributed by atoms with Crippen molar-refractivity contribution in [2.45, 2.75) is 43.7 Å². The molecule has 0 amide bonds. The molecule has 0 spiro atoms. The normalized spacial score (nSPS) is 20.6. The molecule has 1 atom stereocenters. The topological polar surface area (TPSA) is 92.9 Å². The van der Waals surface area contributed by atoms with Gasteiger partial charge in [0.25, 0.3) is 0 Å². The van der Waals surface area contributed by atoms with E-state index in [-0.39, 0.29) is 49.1 Å². The fourth-order valence-electron chi connectivity index (χ4n) is 7.17. The van der Waals surface area contributed by atoms with Gasteiger partial charge in [-0.1, -0.05) is 22.9 Å². The lowest BCUT2D eigenvalue weighted by atomic mass is 9.95. The summed E-state index contributed by atoms with van der Waals surface area (Å²) in [6.45, 7) is 5.18. The lowest BCUT2D eigenvalue weighted by Crippen LogP contribution is -2.43. The molecule has 2 N–H and O–H groups in total. The van der Waals surface area contributed by atoms with Crippen molar-refractivity contribution < 1.29 is 18.3 Å². The maximum absolute atomic E-state index is 16.8. The van der Waals surface area contributed by atoms with Crippen LogP contribution in [0.15, 0.2) is 18.2 Å². The highest BCUT2D eigenvalue weighted by Crippen LogP contribution is 2.43. The summed E-state index contributed by atoms with van der Waals surface area (Å²) >= 11 is 7.86. The van der Waals surface area contributed by atoms with Gasteiger partial charge in [0, 0.05) is 42.8 Å². The molecule has 4 aromatic rings. The molecule has 9 nitrogen and oxygen atoms in total. The zero-order valence-electron chi connectivity index (χ0n) is 24.9. The highest BCUT2D eigenvalue weighted by molar-refractivity contribution is 7.22. The van der Waals surface area contributed by atoms with E-state index in [1.165, 1.54) is 12.1 Å². The Morgan fingerprint density at radius 3 is 2.68 bits per heavy atom. The van der Waals surface area contributed by atoms with Crippen molar-refractivity contribution in [3.8, 4) is 17.1 Å². The third-order valence-electron chi connectivity index (χ3n) is 9.12. The van der Waals surface area contributed by atoms with Gasteiger partial charge in [-0.15, -0.1) is 0 Å². The van der Waals surface area contributed by atoms with Gasteiger partial charge in [-0.25, -0.2) is 13.8 Å². The van der Waals surface area contributed by atoms with Gasteiger partial charge in [-0.3, -0.25) is 4.90 Å². The van der Waals surface area contributed by atoms with Gasteiger partial charge in [-0.2, -0.15) is 9.97 Å². The molecular formula is C31H36ClF2N7O2S. The van der Waals surface area contributed by atoms with Gasteiger partial charge in [0.1, 0.15) is 23.8 Å². The summed E-state index contributed by atoms with van der Waals surface area (Å²) in [6, 6.07) is 4.59. The summed E-state index contributed by atoms with van der Waals surface area (Å²) in [5.74, 6) is -0.558. The fourth-order valence-corrected chi connectivity index (χ4v) is 8.23. The molecule has 44 heavy (non-hydrogen) atoms. The molecule has 0 bridgehead atoms. The van der Waals surface area contributed by atoms with Crippen LogP contribution in [0.4, 0.5) is 19.7 Å². The van der Waals surface area contributed by atoms with E-state index in [2.05, 4.69) is 24.7 Å². The second-order valence-electron chi connectivity index (χ2n) is 12.4. The summed E-state index contributed by atoms with van der Waals surface area (Å²) in [7, 11) is 4.02. The first-order valence-corrected chi connectivity index (χ1v) is 16.4. The highest BCUT2D eigenvalue weighted by atomic mass is 35.5. The van der Waals surface area contributed by atoms with E-state index in [0.717, 1.165) is 63.1 Å². The molecule has 5 heterocycles. The lowest BCUT2D eigenvalue weighted by molar-refractivity contribution is 0.0505. The molecule has 3 fully saturated rings. The second-order valence-corrected chi connectivity index (χ2v) is 13.8. The number of thiazole rings is 1. The molecule has 2 aromatic heterocycles. The number of hydrogen-bond acceptors (Lipinski definition) is 10. The predicted octanol–water partition coefficient (Wildman–Crippen LogP) is 5.58. The molecule has 7 rings (SSSR count). The largest absolute Gasteiger partial charge is 0.461 e. The van der Waals surface area contributed by atoms with Crippen LogP contribution < -0.4 is 15.4 Å². The summed E-state index contributed by atoms with van der Waals surface area (Å²) in [5, 5.41) is 0.814. The zero-order valence-corrected chi connectivity index (χ0v) is 26.5. The first-order chi connectivity index (χ1) is 21.2. The summed E-state index contributed by atoms with van der Waals surface area (Å²) in [6.07, 6.45) is 5.13. The summed E-state index contributed by atoms with van der Waals surface area (Å²) < 4.78 is 44.2. The number of nitrogen functional groups attached to an aromatic ring is 1. The Morgan fingerprint density at radius 1 is 1.11 bits per heavy atom. The van der Waals surface area contributed by atoms with Crippen molar-refractivity contribution in [2.75, 3.05) is 70.7 Å². The number of likely N-dealkylation sites (N-methyl/N-ethyl adjacent to an activating group) is 1. The Kier molecular flexibility index (Phi) is 7.98. The molecule has 234 valence electrons. The molecule has 2 aromatic carbocycles. The Hall–Kier alpha value is -2.90. The van der Waals surface area contributed by atoms with E-state index in [0.29, 0.717) is 43.1 Å². The maximum atomic E-state index is 16.8. The molecular weight excluding hydrogens is 608 g/mol. The first kappa shape index (κ1) is 29.8. The van der Waals surface area contributed by atoms with Gasteiger partial charge in [-0.05, 0) is 77.5 Å². The van der Waals surface area contributed by atoms with Crippen LogP contribution in [-0.2, 0) is 4.74 Å². The van der Waals surface area contributed by atoms with Crippen LogP contribution >= 0.6 is 22.9 Å². The van der Waals surface area contributed by atoms with Gasteiger partial charge in [0.2, 0.25) is 0 Å². The van der Waals surface area contributed by atoms with E-state index >= 15 is 4.39 Å². The quantitative estimate of drug-likeness (QED) is 0.277. The number of rotatable bonds is 7. The van der Waals surface area contributed by atoms with Crippen molar-refractivity contribution in [1.29, 1.82) is 0 Å². The van der Waals surface area contributed by atoms with Crippen molar-refractivity contribution in [3.63, 3.8) is 0 Å². The highest BCUT2D eigenvalue weighted by Gasteiger charge is 2.45. The smallest absolute Gasteiger partial charge is 0.319 e. The minimum absolute atomic E-state index is 0.0281. The van der Waals surface area contributed by atoms with Crippen LogP contribution in [-0.4, -0.2) is 96.4 Å². The van der Waals surface area contributed by atoms with E-state index < -0.39 is 11.6 Å². The van der Waals surface area contributed by atoms with Crippen molar-refractivity contribution in [2.24, 2.45) is 0 Å². The van der Waals surface area contributed by atoms with E-state index in [4.69, 9.17) is 31.8 Å². The van der Waals surface area contributed by atoms with Crippen molar-refractivity contribution in [3.05, 3.63) is 34.9 Å². The minimum atomic E-state index is -0.641. The summed E-state index contributed by atoms with van der Waals surface area (Å²) in [4.78, 5) is 20.6. The van der Waals surface area contributed by atoms with Crippen LogP contribution in [0.1, 0.15) is 32.1 Å². The van der Waals surface area contributed by atoms with Gasteiger partial charge in [0.05, 0.1) is 26.9 Å². The van der Waals surface area contributed by atoms with E-state index in [1.807, 2.05) is 14.1 Å². The number of nitrogens with zero attached hydrogens (tertiary/aromatic N) is 6. The number of aromatic nitrogens is 3.